The Labute approximate surface area is 82.3 Å². The number of hydrogen-bond donors (Lipinski definition) is 0. The fraction of sp³-hybridized carbons (Fsp3) is 0.667. The number of carbonyl (C=O) groups excluding carboxylic acids is 1. The summed E-state index contributed by atoms with van der Waals surface area (Å²) in [5, 5.41) is 3.96. The Morgan fingerprint density at radius 1 is 1.54 bits per heavy atom. The lowest BCUT2D eigenvalue weighted by atomic mass is 10.1. The van der Waals surface area contributed by atoms with Gasteiger partial charge in [-0.15, -0.1) is 5.10 Å². The maximum Gasteiger partial charge on any atom is 0.173 e. The molecule has 0 saturated carbocycles. The van der Waals surface area contributed by atoms with E-state index >= 15 is 0 Å². The zero-order chi connectivity index (χ0) is 9.84. The van der Waals surface area contributed by atoms with Gasteiger partial charge in [0, 0.05) is 6.92 Å². The molecular formula is C9H14N2OS. The Morgan fingerprint density at radius 2 is 2.23 bits per heavy atom. The van der Waals surface area contributed by atoms with Crippen molar-refractivity contribution in [3.8, 4) is 0 Å². The van der Waals surface area contributed by atoms with Gasteiger partial charge in [0.1, 0.15) is 4.88 Å². The number of aromatic nitrogens is 2. The van der Waals surface area contributed by atoms with Gasteiger partial charge in [0.25, 0.3) is 0 Å². The molecule has 0 bridgehead atoms. The normalized spacial score (nSPS) is 10.8. The van der Waals surface area contributed by atoms with Crippen molar-refractivity contribution in [3.05, 3.63) is 10.6 Å². The summed E-state index contributed by atoms with van der Waals surface area (Å²) in [5.41, 5.74) is 0.867. The molecule has 0 spiro atoms. The quantitative estimate of drug-likeness (QED) is 0.697. The number of carbonyl (C=O) groups is 1. The molecule has 1 aromatic heterocycles. The Morgan fingerprint density at radius 3 is 2.77 bits per heavy atom. The molecule has 0 aliphatic carbocycles. The number of aryl methyl sites for hydroxylation is 1. The third-order valence-electron chi connectivity index (χ3n) is 1.83. The van der Waals surface area contributed by atoms with Crippen LogP contribution >= 0.6 is 11.5 Å². The minimum absolute atomic E-state index is 0.0776. The number of hydrogen-bond acceptors (Lipinski definition) is 4. The van der Waals surface area contributed by atoms with E-state index in [4.69, 9.17) is 0 Å². The molecule has 72 valence electrons. The van der Waals surface area contributed by atoms with Crippen molar-refractivity contribution >= 4 is 17.3 Å². The molecule has 13 heavy (non-hydrogen) atoms. The molecule has 1 rings (SSSR count). The molecule has 1 heterocycles. The first-order valence-corrected chi connectivity index (χ1v) is 5.20. The summed E-state index contributed by atoms with van der Waals surface area (Å²) in [6.45, 7) is 5.88. The average molecular weight is 198 g/mol. The minimum Gasteiger partial charge on any atom is -0.293 e. The standard InChI is InChI=1S/C9H14N2OS/c1-6(2)4-5-8-9(7(3)12)13-11-10-8/h6H,4-5H2,1-3H3. The van der Waals surface area contributed by atoms with E-state index in [1.807, 2.05) is 0 Å². The second kappa shape index (κ2) is 4.46. The molecule has 0 aromatic carbocycles. The molecule has 0 amide bonds. The fourth-order valence-corrected chi connectivity index (χ4v) is 1.66. The Hall–Kier alpha value is -0.770. The van der Waals surface area contributed by atoms with E-state index in [-0.39, 0.29) is 5.78 Å². The van der Waals surface area contributed by atoms with Crippen molar-refractivity contribution in [2.75, 3.05) is 0 Å². The second-order valence-corrected chi connectivity index (χ2v) is 4.29. The van der Waals surface area contributed by atoms with Gasteiger partial charge in [0.15, 0.2) is 5.78 Å². The Balaban J connectivity index is 2.65. The molecule has 3 nitrogen and oxygen atoms in total. The fourth-order valence-electron chi connectivity index (χ4n) is 1.07. The zero-order valence-corrected chi connectivity index (χ0v) is 9.02. The summed E-state index contributed by atoms with van der Waals surface area (Å²) >= 11 is 1.20. The number of nitrogens with zero attached hydrogens (tertiary/aromatic N) is 2. The first kappa shape index (κ1) is 10.3. The maximum absolute atomic E-state index is 11.1. The second-order valence-electron chi connectivity index (χ2n) is 3.54. The lowest BCUT2D eigenvalue weighted by molar-refractivity contribution is 0.102. The van der Waals surface area contributed by atoms with Crippen LogP contribution in [0.4, 0.5) is 0 Å². The molecule has 0 radical (unpaired) electrons. The van der Waals surface area contributed by atoms with Gasteiger partial charge in [-0.3, -0.25) is 4.79 Å². The molecule has 0 N–H and O–H groups in total. The van der Waals surface area contributed by atoms with Gasteiger partial charge in [-0.05, 0) is 30.3 Å². The minimum atomic E-state index is 0.0776. The van der Waals surface area contributed by atoms with Crippen molar-refractivity contribution < 1.29 is 4.79 Å². The van der Waals surface area contributed by atoms with Crippen LogP contribution < -0.4 is 0 Å². The van der Waals surface area contributed by atoms with Crippen molar-refractivity contribution in [2.24, 2.45) is 5.92 Å². The molecule has 0 saturated heterocycles. The third kappa shape index (κ3) is 2.88. The molecule has 0 fully saturated rings. The van der Waals surface area contributed by atoms with E-state index in [1.54, 1.807) is 6.92 Å². The van der Waals surface area contributed by atoms with Crippen molar-refractivity contribution in [1.82, 2.24) is 9.59 Å². The zero-order valence-electron chi connectivity index (χ0n) is 8.20. The summed E-state index contributed by atoms with van der Waals surface area (Å²) in [5.74, 6) is 0.718. The van der Waals surface area contributed by atoms with Gasteiger partial charge < -0.3 is 0 Å². The molecule has 1 aromatic rings. The third-order valence-corrected chi connectivity index (χ3v) is 2.70. The predicted octanol–water partition coefficient (Wildman–Crippen LogP) is 2.33. The van der Waals surface area contributed by atoms with E-state index in [0.717, 1.165) is 23.4 Å². The van der Waals surface area contributed by atoms with Gasteiger partial charge in [-0.25, -0.2) is 0 Å². The highest BCUT2D eigenvalue weighted by Gasteiger charge is 2.11. The van der Waals surface area contributed by atoms with Crippen LogP contribution in [0.2, 0.25) is 0 Å². The largest absolute Gasteiger partial charge is 0.293 e. The van der Waals surface area contributed by atoms with Crippen molar-refractivity contribution in [1.29, 1.82) is 0 Å². The van der Waals surface area contributed by atoms with E-state index in [2.05, 4.69) is 23.4 Å². The first-order chi connectivity index (χ1) is 6.11. The summed E-state index contributed by atoms with van der Waals surface area (Å²) in [4.78, 5) is 11.8. The van der Waals surface area contributed by atoms with E-state index in [1.165, 1.54) is 11.5 Å². The van der Waals surface area contributed by atoms with E-state index in [9.17, 15) is 4.79 Å². The summed E-state index contributed by atoms with van der Waals surface area (Å²) in [6.07, 6.45) is 1.93. The smallest absolute Gasteiger partial charge is 0.173 e. The Bertz CT molecular complexity index is 294. The van der Waals surface area contributed by atoms with Gasteiger partial charge >= 0.3 is 0 Å². The number of ketones is 1. The van der Waals surface area contributed by atoms with Crippen LogP contribution in [0.5, 0.6) is 0 Å². The predicted molar refractivity (Wildman–Crippen MR) is 53.1 cm³/mol. The van der Waals surface area contributed by atoms with Crippen LogP contribution in [-0.4, -0.2) is 15.4 Å². The van der Waals surface area contributed by atoms with Crippen LogP contribution in [-0.2, 0) is 6.42 Å². The first-order valence-electron chi connectivity index (χ1n) is 4.43. The van der Waals surface area contributed by atoms with E-state index in [0.29, 0.717) is 5.92 Å². The van der Waals surface area contributed by atoms with Gasteiger partial charge in [0.05, 0.1) is 5.69 Å². The Kier molecular flexibility index (Phi) is 3.54. The average Bonchev–Trinajstić information content (AvgIpc) is 2.47. The van der Waals surface area contributed by atoms with Crippen LogP contribution in [0.3, 0.4) is 0 Å². The summed E-state index contributed by atoms with van der Waals surface area (Å²) in [6, 6.07) is 0. The van der Waals surface area contributed by atoms with Crippen LogP contribution in [0.15, 0.2) is 0 Å². The molecule has 0 unspecified atom stereocenters. The van der Waals surface area contributed by atoms with E-state index < -0.39 is 0 Å². The lowest BCUT2D eigenvalue weighted by Crippen LogP contribution is -1.98. The van der Waals surface area contributed by atoms with Crippen LogP contribution in [0.25, 0.3) is 0 Å². The van der Waals surface area contributed by atoms with Crippen molar-refractivity contribution in [3.63, 3.8) is 0 Å². The molecule has 0 atom stereocenters. The SMILES string of the molecule is CC(=O)c1snnc1CCC(C)C. The maximum atomic E-state index is 11.1. The highest BCUT2D eigenvalue weighted by molar-refractivity contribution is 7.08. The van der Waals surface area contributed by atoms with Gasteiger partial charge in [-0.1, -0.05) is 18.3 Å². The van der Waals surface area contributed by atoms with Crippen molar-refractivity contribution in [2.45, 2.75) is 33.6 Å². The van der Waals surface area contributed by atoms with Gasteiger partial charge in [0.2, 0.25) is 0 Å². The number of Topliss-reactive ketones (excluding diaryl/α,β-unsaturated/α-hetero) is 1. The highest BCUT2D eigenvalue weighted by atomic mass is 32.1. The van der Waals surface area contributed by atoms with Gasteiger partial charge in [-0.2, -0.15) is 0 Å². The topological polar surface area (TPSA) is 42.9 Å². The van der Waals surface area contributed by atoms with Crippen LogP contribution in [0, 0.1) is 5.92 Å². The highest BCUT2D eigenvalue weighted by Crippen LogP contribution is 2.15. The molecular weight excluding hydrogens is 184 g/mol. The molecule has 4 heteroatoms. The monoisotopic (exact) mass is 198 g/mol. The lowest BCUT2D eigenvalue weighted by Gasteiger charge is -2.01. The molecule has 0 aliphatic heterocycles. The summed E-state index contributed by atoms with van der Waals surface area (Å²) in [7, 11) is 0. The molecule has 0 aliphatic rings. The summed E-state index contributed by atoms with van der Waals surface area (Å²) < 4.78 is 3.79. The van der Waals surface area contributed by atoms with Crippen LogP contribution in [0.1, 0.15) is 42.6 Å². The number of rotatable bonds is 4.